The highest BCUT2D eigenvalue weighted by molar-refractivity contribution is 6.07. The second kappa shape index (κ2) is 6.05. The molecule has 2 aromatic rings. The maximum atomic E-state index is 8.20. The number of rotatable bonds is 4. The highest BCUT2D eigenvalue weighted by Crippen LogP contribution is 2.20. The van der Waals surface area contributed by atoms with Crippen LogP contribution in [-0.2, 0) is 0 Å². The minimum absolute atomic E-state index is 0.477. The van der Waals surface area contributed by atoms with E-state index in [0.717, 1.165) is 17.0 Å². The molecule has 0 saturated heterocycles. The van der Waals surface area contributed by atoms with Crippen LogP contribution < -0.4 is 9.64 Å². The van der Waals surface area contributed by atoms with Gasteiger partial charge in [0.05, 0.1) is 6.61 Å². The molecule has 19 heavy (non-hydrogen) atoms. The molecule has 0 spiro atoms. The second-order valence-corrected chi connectivity index (χ2v) is 4.20. The van der Waals surface area contributed by atoms with Gasteiger partial charge in [0.15, 0.2) is 0 Å². The monoisotopic (exact) mass is 254 g/mol. The molecule has 98 valence electrons. The Bertz CT molecular complexity index is 534. The Labute approximate surface area is 114 Å². The van der Waals surface area contributed by atoms with E-state index in [9.17, 15) is 0 Å². The summed E-state index contributed by atoms with van der Waals surface area (Å²) in [4.78, 5) is 1.85. The van der Waals surface area contributed by atoms with Crippen molar-refractivity contribution in [2.75, 3.05) is 18.6 Å². The van der Waals surface area contributed by atoms with Crippen molar-refractivity contribution < 1.29 is 4.74 Å². The first-order chi connectivity index (χ1) is 9.22. The van der Waals surface area contributed by atoms with E-state index in [2.05, 4.69) is 0 Å². The largest absolute Gasteiger partial charge is 0.494 e. The van der Waals surface area contributed by atoms with E-state index < -0.39 is 0 Å². The molecule has 0 atom stereocenters. The summed E-state index contributed by atoms with van der Waals surface area (Å²) in [5.41, 5.74) is 1.87. The number of hydrogen-bond donors (Lipinski definition) is 1. The van der Waals surface area contributed by atoms with Crippen molar-refractivity contribution in [3.63, 3.8) is 0 Å². The lowest BCUT2D eigenvalue weighted by molar-refractivity contribution is 0.340. The lowest BCUT2D eigenvalue weighted by Crippen LogP contribution is -2.26. The number of anilines is 1. The third kappa shape index (κ3) is 3.13. The van der Waals surface area contributed by atoms with Crippen molar-refractivity contribution in [1.82, 2.24) is 0 Å². The molecule has 0 radical (unpaired) electrons. The predicted molar refractivity (Wildman–Crippen MR) is 79.3 cm³/mol. The van der Waals surface area contributed by atoms with Crippen LogP contribution in [0.4, 0.5) is 5.69 Å². The number of benzene rings is 2. The summed E-state index contributed by atoms with van der Waals surface area (Å²) in [6.45, 7) is 2.63. The third-order valence-electron chi connectivity index (χ3n) is 2.92. The molecule has 0 amide bonds. The van der Waals surface area contributed by atoms with Crippen LogP contribution >= 0.6 is 0 Å². The van der Waals surface area contributed by atoms with Crippen LogP contribution in [0.1, 0.15) is 12.5 Å². The summed E-state index contributed by atoms with van der Waals surface area (Å²) in [7, 11) is 1.89. The average Bonchev–Trinajstić information content (AvgIpc) is 2.48. The molecule has 0 saturated carbocycles. The summed E-state index contributed by atoms with van der Waals surface area (Å²) >= 11 is 0. The lowest BCUT2D eigenvalue weighted by Gasteiger charge is -2.20. The summed E-state index contributed by atoms with van der Waals surface area (Å²) < 4.78 is 5.41. The first kappa shape index (κ1) is 13.1. The molecule has 1 N–H and O–H groups in total. The molecule has 2 rings (SSSR count). The van der Waals surface area contributed by atoms with E-state index in [1.807, 2.05) is 73.5 Å². The maximum Gasteiger partial charge on any atom is 0.132 e. The van der Waals surface area contributed by atoms with Gasteiger partial charge >= 0.3 is 0 Å². The molecule has 0 bridgehead atoms. The van der Waals surface area contributed by atoms with Crippen molar-refractivity contribution >= 4 is 11.5 Å². The van der Waals surface area contributed by atoms with Crippen LogP contribution in [-0.4, -0.2) is 19.5 Å². The van der Waals surface area contributed by atoms with Gasteiger partial charge in [-0.15, -0.1) is 0 Å². The molecule has 0 aliphatic heterocycles. The number of ether oxygens (including phenoxy) is 1. The van der Waals surface area contributed by atoms with Gasteiger partial charge in [0.2, 0.25) is 0 Å². The van der Waals surface area contributed by atoms with Crippen molar-refractivity contribution in [3.8, 4) is 5.75 Å². The number of nitrogens with zero attached hydrogens (tertiary/aromatic N) is 1. The second-order valence-electron chi connectivity index (χ2n) is 4.20. The maximum absolute atomic E-state index is 8.20. The molecule has 0 unspecified atom stereocenters. The number of hydrogen-bond acceptors (Lipinski definition) is 2. The van der Waals surface area contributed by atoms with Crippen LogP contribution in [0.5, 0.6) is 5.75 Å². The summed E-state index contributed by atoms with van der Waals surface area (Å²) in [6.07, 6.45) is 0. The van der Waals surface area contributed by atoms with Gasteiger partial charge in [-0.1, -0.05) is 30.3 Å². The number of nitrogens with one attached hydrogen (secondary N) is 1. The van der Waals surface area contributed by atoms with Gasteiger partial charge in [-0.3, -0.25) is 5.41 Å². The fourth-order valence-electron chi connectivity index (χ4n) is 1.85. The Balaban J connectivity index is 2.15. The van der Waals surface area contributed by atoms with E-state index in [1.165, 1.54) is 0 Å². The van der Waals surface area contributed by atoms with E-state index >= 15 is 0 Å². The molecular formula is C16H18N2O. The Hall–Kier alpha value is -2.29. The molecule has 0 aromatic heterocycles. The number of amidine groups is 1. The zero-order valence-corrected chi connectivity index (χ0v) is 11.3. The van der Waals surface area contributed by atoms with Gasteiger partial charge in [-0.05, 0) is 31.2 Å². The third-order valence-corrected chi connectivity index (χ3v) is 2.92. The highest BCUT2D eigenvalue weighted by atomic mass is 16.5. The molecule has 0 heterocycles. The molecule has 2 aromatic carbocycles. The Morgan fingerprint density at radius 3 is 2.26 bits per heavy atom. The lowest BCUT2D eigenvalue weighted by atomic mass is 10.2. The molecule has 0 fully saturated rings. The first-order valence-corrected chi connectivity index (χ1v) is 6.33. The minimum Gasteiger partial charge on any atom is -0.494 e. The van der Waals surface area contributed by atoms with Crippen LogP contribution in [0.3, 0.4) is 0 Å². The summed E-state index contributed by atoms with van der Waals surface area (Å²) in [6, 6.07) is 17.5. The van der Waals surface area contributed by atoms with Crippen molar-refractivity contribution in [2.24, 2.45) is 0 Å². The Morgan fingerprint density at radius 1 is 1.05 bits per heavy atom. The molecule has 3 heteroatoms. The zero-order chi connectivity index (χ0) is 13.7. The van der Waals surface area contributed by atoms with Crippen molar-refractivity contribution in [2.45, 2.75) is 6.92 Å². The summed E-state index contributed by atoms with van der Waals surface area (Å²) in [5, 5.41) is 8.20. The van der Waals surface area contributed by atoms with E-state index in [4.69, 9.17) is 10.1 Å². The minimum atomic E-state index is 0.477. The molecular weight excluding hydrogens is 236 g/mol. The Kier molecular flexibility index (Phi) is 4.18. The van der Waals surface area contributed by atoms with Crippen LogP contribution in [0.25, 0.3) is 0 Å². The van der Waals surface area contributed by atoms with Gasteiger partial charge in [0.25, 0.3) is 0 Å². The average molecular weight is 254 g/mol. The smallest absolute Gasteiger partial charge is 0.132 e. The first-order valence-electron chi connectivity index (χ1n) is 6.33. The Morgan fingerprint density at radius 2 is 1.68 bits per heavy atom. The van der Waals surface area contributed by atoms with Gasteiger partial charge in [0.1, 0.15) is 11.6 Å². The summed E-state index contributed by atoms with van der Waals surface area (Å²) in [5.74, 6) is 1.33. The predicted octanol–water partition coefficient (Wildman–Crippen LogP) is 3.55. The fourth-order valence-corrected chi connectivity index (χ4v) is 1.85. The standard InChI is InChI=1S/C16H18N2O/c1-3-19-15-11-9-14(10-12-15)18(2)16(17)13-7-5-4-6-8-13/h4-12,17H,3H2,1-2H3. The molecule has 0 aliphatic rings. The topological polar surface area (TPSA) is 36.3 Å². The van der Waals surface area contributed by atoms with Crippen molar-refractivity contribution in [1.29, 1.82) is 5.41 Å². The van der Waals surface area contributed by atoms with Crippen LogP contribution in [0.15, 0.2) is 54.6 Å². The SMILES string of the molecule is CCOc1ccc(N(C)C(=N)c2ccccc2)cc1. The quantitative estimate of drug-likeness (QED) is 0.669. The fraction of sp³-hybridized carbons (Fsp3) is 0.188. The van der Waals surface area contributed by atoms with Gasteiger partial charge in [-0.2, -0.15) is 0 Å². The van der Waals surface area contributed by atoms with Crippen LogP contribution in [0.2, 0.25) is 0 Å². The van der Waals surface area contributed by atoms with Gasteiger partial charge in [0, 0.05) is 18.3 Å². The van der Waals surface area contributed by atoms with Gasteiger partial charge < -0.3 is 9.64 Å². The zero-order valence-electron chi connectivity index (χ0n) is 11.3. The van der Waals surface area contributed by atoms with E-state index in [-0.39, 0.29) is 0 Å². The normalized spacial score (nSPS) is 10.0. The molecule has 0 aliphatic carbocycles. The van der Waals surface area contributed by atoms with Gasteiger partial charge in [-0.25, -0.2) is 0 Å². The van der Waals surface area contributed by atoms with Crippen molar-refractivity contribution in [3.05, 3.63) is 60.2 Å². The van der Waals surface area contributed by atoms with E-state index in [0.29, 0.717) is 12.4 Å². The highest BCUT2D eigenvalue weighted by Gasteiger charge is 2.09. The van der Waals surface area contributed by atoms with Crippen LogP contribution in [0, 0.1) is 5.41 Å². The van der Waals surface area contributed by atoms with E-state index in [1.54, 1.807) is 0 Å². The molecule has 3 nitrogen and oxygen atoms in total.